The van der Waals surface area contributed by atoms with E-state index in [-0.39, 0.29) is 24.7 Å². The van der Waals surface area contributed by atoms with Crippen LogP contribution < -0.4 is 0 Å². The summed E-state index contributed by atoms with van der Waals surface area (Å²) in [5.41, 5.74) is 0.847. The Balaban J connectivity index is 1.69. The molecular formula is C31H34O10S. The molecule has 1 heterocycles. The van der Waals surface area contributed by atoms with E-state index >= 15 is 0 Å². The smallest absolute Gasteiger partial charge is 0.305 e. The van der Waals surface area contributed by atoms with Crippen LogP contribution in [-0.2, 0) is 60.8 Å². The fourth-order valence-corrected chi connectivity index (χ4v) is 5.48. The van der Waals surface area contributed by atoms with Crippen molar-refractivity contribution in [2.75, 3.05) is 13.2 Å². The van der Waals surface area contributed by atoms with Gasteiger partial charge in [-0.25, -0.2) is 0 Å². The molecule has 0 amide bonds. The average molecular weight is 599 g/mol. The van der Waals surface area contributed by atoms with Gasteiger partial charge in [0.2, 0.25) is 6.29 Å². The first-order valence-corrected chi connectivity index (χ1v) is 14.7. The van der Waals surface area contributed by atoms with Gasteiger partial charge in [-0.15, -0.1) is 0 Å². The van der Waals surface area contributed by atoms with Crippen molar-refractivity contribution < 1.29 is 45.9 Å². The Hall–Kier alpha value is -3.61. The van der Waals surface area contributed by atoms with Gasteiger partial charge in [-0.2, -0.15) is 8.42 Å². The highest BCUT2D eigenvalue weighted by atomic mass is 32.2. The van der Waals surface area contributed by atoms with Crippen molar-refractivity contribution in [3.63, 3.8) is 0 Å². The molecule has 1 fully saturated rings. The Morgan fingerprint density at radius 3 is 1.93 bits per heavy atom. The second-order valence-electron chi connectivity index (χ2n) is 9.96. The van der Waals surface area contributed by atoms with E-state index in [2.05, 4.69) is 0 Å². The molecule has 0 radical (unpaired) electrons. The van der Waals surface area contributed by atoms with E-state index in [1.54, 1.807) is 12.1 Å². The van der Waals surface area contributed by atoms with E-state index in [1.807, 2.05) is 67.6 Å². The van der Waals surface area contributed by atoms with E-state index < -0.39 is 52.8 Å². The van der Waals surface area contributed by atoms with Gasteiger partial charge < -0.3 is 23.7 Å². The predicted molar refractivity (Wildman–Crippen MR) is 150 cm³/mol. The molecule has 0 N–H and O–H groups in total. The van der Waals surface area contributed by atoms with Gasteiger partial charge >= 0.3 is 11.9 Å². The molecule has 4 rings (SSSR count). The standard InChI is InChI=1S/C31H34O10S/c1-22-14-16-27(17-15-22)42(34,35)38-21-31(20-36-18-25-10-6-4-7-11-25)29(37-19-26-12-8-5-9-13-26)28(39-23(2)32)30(41-31)40-24(3)33/h4-17,28-30H,18-21H2,1-3H3/t28-,29?,30+,31-/m0/s1. The summed E-state index contributed by atoms with van der Waals surface area (Å²) < 4.78 is 61.4. The highest BCUT2D eigenvalue weighted by Crippen LogP contribution is 2.38. The molecule has 0 spiro atoms. The number of ether oxygens (including phenoxy) is 5. The van der Waals surface area contributed by atoms with Crippen LogP contribution >= 0.6 is 0 Å². The molecule has 3 aromatic carbocycles. The second kappa shape index (κ2) is 14.0. The number of carbonyl (C=O) groups is 2. The van der Waals surface area contributed by atoms with Crippen molar-refractivity contribution in [3.8, 4) is 0 Å². The topological polar surface area (TPSA) is 124 Å². The third-order valence-electron chi connectivity index (χ3n) is 6.52. The van der Waals surface area contributed by atoms with Crippen LogP contribution in [0, 0.1) is 6.92 Å². The van der Waals surface area contributed by atoms with Crippen molar-refractivity contribution in [1.82, 2.24) is 0 Å². The molecule has 1 saturated heterocycles. The molecule has 11 heteroatoms. The molecule has 224 valence electrons. The van der Waals surface area contributed by atoms with Crippen molar-refractivity contribution in [2.45, 2.75) is 63.0 Å². The van der Waals surface area contributed by atoms with Crippen LogP contribution in [0.2, 0.25) is 0 Å². The third-order valence-corrected chi connectivity index (χ3v) is 7.80. The van der Waals surface area contributed by atoms with E-state index in [9.17, 15) is 18.0 Å². The maximum atomic E-state index is 13.2. The SMILES string of the molecule is CC(=O)O[C@@H]1O[C@@](COCc2ccccc2)(COS(=O)(=O)c2ccc(C)cc2)C(OCc2ccccc2)[C@@H]1OC(C)=O. The minimum absolute atomic E-state index is 0.0462. The monoisotopic (exact) mass is 598 g/mol. The normalized spacial score (nSPS) is 22.0. The third kappa shape index (κ3) is 8.24. The minimum atomic E-state index is -4.26. The van der Waals surface area contributed by atoms with Crippen molar-refractivity contribution in [2.24, 2.45) is 0 Å². The van der Waals surface area contributed by atoms with Crippen LogP contribution in [0.15, 0.2) is 89.8 Å². The first-order chi connectivity index (χ1) is 20.1. The molecule has 4 atom stereocenters. The number of hydrogen-bond donors (Lipinski definition) is 0. The van der Waals surface area contributed by atoms with Gasteiger partial charge in [-0.3, -0.25) is 13.8 Å². The van der Waals surface area contributed by atoms with Gasteiger partial charge in [-0.1, -0.05) is 78.4 Å². The van der Waals surface area contributed by atoms with Crippen LogP contribution in [-0.4, -0.2) is 57.7 Å². The van der Waals surface area contributed by atoms with E-state index in [0.29, 0.717) is 0 Å². The zero-order valence-corrected chi connectivity index (χ0v) is 24.5. The highest BCUT2D eigenvalue weighted by molar-refractivity contribution is 7.86. The largest absolute Gasteiger partial charge is 0.453 e. The fourth-order valence-electron chi connectivity index (χ4n) is 4.52. The summed E-state index contributed by atoms with van der Waals surface area (Å²) in [6, 6.07) is 24.7. The minimum Gasteiger partial charge on any atom is -0.453 e. The number of aryl methyl sites for hydroxylation is 1. The molecule has 1 aliphatic heterocycles. The summed E-state index contributed by atoms with van der Waals surface area (Å²) in [4.78, 5) is 24.1. The molecule has 1 unspecified atom stereocenters. The van der Waals surface area contributed by atoms with Gasteiger partial charge in [0.15, 0.2) is 11.7 Å². The van der Waals surface area contributed by atoms with Gasteiger partial charge in [0.1, 0.15) is 12.7 Å². The Morgan fingerprint density at radius 1 is 0.786 bits per heavy atom. The lowest BCUT2D eigenvalue weighted by Gasteiger charge is -2.34. The molecule has 0 aliphatic carbocycles. The number of rotatable bonds is 13. The number of carbonyl (C=O) groups excluding carboxylic acids is 2. The fraction of sp³-hybridized carbons (Fsp3) is 0.355. The summed E-state index contributed by atoms with van der Waals surface area (Å²) in [7, 11) is -4.26. The maximum absolute atomic E-state index is 13.2. The van der Waals surface area contributed by atoms with Crippen LogP contribution in [0.5, 0.6) is 0 Å². The Kier molecular flexibility index (Phi) is 10.5. The van der Waals surface area contributed by atoms with Gasteiger partial charge in [0, 0.05) is 13.8 Å². The van der Waals surface area contributed by atoms with E-state index in [0.717, 1.165) is 16.7 Å². The zero-order chi connectivity index (χ0) is 30.2. The van der Waals surface area contributed by atoms with Crippen LogP contribution in [0.25, 0.3) is 0 Å². The van der Waals surface area contributed by atoms with Gasteiger partial charge in [0.25, 0.3) is 10.1 Å². The zero-order valence-electron chi connectivity index (χ0n) is 23.6. The van der Waals surface area contributed by atoms with Gasteiger partial charge in [-0.05, 0) is 30.2 Å². The Labute approximate surface area is 245 Å². The number of benzene rings is 3. The number of hydrogen-bond acceptors (Lipinski definition) is 10. The summed E-state index contributed by atoms with van der Waals surface area (Å²) in [6.07, 6.45) is -3.82. The molecule has 3 aromatic rings. The van der Waals surface area contributed by atoms with Crippen molar-refractivity contribution >= 4 is 22.1 Å². The maximum Gasteiger partial charge on any atom is 0.305 e. The summed E-state index contributed by atoms with van der Waals surface area (Å²) in [6.45, 7) is 3.57. The van der Waals surface area contributed by atoms with Crippen LogP contribution in [0.3, 0.4) is 0 Å². The molecule has 0 bridgehead atoms. The quantitative estimate of drug-likeness (QED) is 0.210. The molecular weight excluding hydrogens is 564 g/mol. The molecule has 42 heavy (non-hydrogen) atoms. The Morgan fingerprint density at radius 2 is 1.36 bits per heavy atom. The molecule has 10 nitrogen and oxygen atoms in total. The van der Waals surface area contributed by atoms with Crippen LogP contribution in [0.4, 0.5) is 0 Å². The lowest BCUT2D eigenvalue weighted by atomic mass is 9.96. The lowest BCUT2D eigenvalue weighted by Crippen LogP contribution is -2.53. The first-order valence-electron chi connectivity index (χ1n) is 13.3. The average Bonchev–Trinajstić information content (AvgIpc) is 3.23. The molecule has 0 aromatic heterocycles. The second-order valence-corrected chi connectivity index (χ2v) is 11.6. The van der Waals surface area contributed by atoms with E-state index in [1.165, 1.54) is 26.0 Å². The highest BCUT2D eigenvalue weighted by Gasteiger charge is 2.60. The van der Waals surface area contributed by atoms with Crippen molar-refractivity contribution in [3.05, 3.63) is 102 Å². The Bertz CT molecular complexity index is 1430. The summed E-state index contributed by atoms with van der Waals surface area (Å²) >= 11 is 0. The van der Waals surface area contributed by atoms with Crippen LogP contribution in [0.1, 0.15) is 30.5 Å². The first kappa shape index (κ1) is 31.3. The number of esters is 2. The molecule has 0 saturated carbocycles. The predicted octanol–water partition coefficient (Wildman–Crippen LogP) is 4.09. The van der Waals surface area contributed by atoms with Gasteiger partial charge in [0.05, 0.1) is 24.7 Å². The van der Waals surface area contributed by atoms with Crippen molar-refractivity contribution in [1.29, 1.82) is 0 Å². The van der Waals surface area contributed by atoms with E-state index in [4.69, 9.17) is 27.9 Å². The molecule has 1 aliphatic rings. The lowest BCUT2D eigenvalue weighted by molar-refractivity contribution is -0.217. The summed E-state index contributed by atoms with van der Waals surface area (Å²) in [5, 5.41) is 0. The summed E-state index contributed by atoms with van der Waals surface area (Å²) in [5.74, 6) is -1.38.